The van der Waals surface area contributed by atoms with Gasteiger partial charge in [0.25, 0.3) is 5.92 Å². The lowest BCUT2D eigenvalue weighted by atomic mass is 9.71. The van der Waals surface area contributed by atoms with Crippen molar-refractivity contribution in [1.29, 1.82) is 0 Å². The zero-order chi connectivity index (χ0) is 10.2. The molecule has 2 aliphatic heterocycles. The molecule has 2 fully saturated rings. The van der Waals surface area contributed by atoms with Crippen LogP contribution in [0.25, 0.3) is 0 Å². The fourth-order valence-corrected chi connectivity index (χ4v) is 2.31. The lowest BCUT2D eigenvalue weighted by Gasteiger charge is -2.44. The quantitative estimate of drug-likeness (QED) is 0.662. The van der Waals surface area contributed by atoms with Crippen molar-refractivity contribution in [3.63, 3.8) is 0 Å². The van der Waals surface area contributed by atoms with Crippen LogP contribution in [0.3, 0.4) is 0 Å². The Kier molecular flexibility index (Phi) is 3.55. The first-order valence-electron chi connectivity index (χ1n) is 4.95. The van der Waals surface area contributed by atoms with E-state index in [1.165, 1.54) is 0 Å². The molecule has 1 spiro atoms. The van der Waals surface area contributed by atoms with Gasteiger partial charge in [-0.25, -0.2) is 8.78 Å². The topological polar surface area (TPSA) is 41.1 Å². The SMILES string of the molecule is Cl.O=C1NCCCC12CNCCC2(F)F. The van der Waals surface area contributed by atoms with Crippen LogP contribution in [-0.2, 0) is 4.79 Å². The monoisotopic (exact) mass is 240 g/mol. The fourth-order valence-electron chi connectivity index (χ4n) is 2.31. The molecule has 0 bridgehead atoms. The van der Waals surface area contributed by atoms with E-state index in [0.29, 0.717) is 25.9 Å². The molecular formula is C9H15ClF2N2O. The van der Waals surface area contributed by atoms with Crippen molar-refractivity contribution >= 4 is 18.3 Å². The molecule has 1 atom stereocenters. The van der Waals surface area contributed by atoms with Gasteiger partial charge in [-0.05, 0) is 12.8 Å². The van der Waals surface area contributed by atoms with E-state index >= 15 is 0 Å². The number of rotatable bonds is 0. The van der Waals surface area contributed by atoms with Gasteiger partial charge in [0.2, 0.25) is 5.91 Å². The van der Waals surface area contributed by atoms with Crippen LogP contribution in [0.15, 0.2) is 0 Å². The molecule has 0 aliphatic carbocycles. The summed E-state index contributed by atoms with van der Waals surface area (Å²) in [6, 6.07) is 0. The molecule has 2 heterocycles. The van der Waals surface area contributed by atoms with Gasteiger partial charge in [0.15, 0.2) is 0 Å². The van der Waals surface area contributed by atoms with Crippen LogP contribution in [0.1, 0.15) is 19.3 Å². The van der Waals surface area contributed by atoms with Crippen molar-refractivity contribution in [2.24, 2.45) is 5.41 Å². The van der Waals surface area contributed by atoms with Gasteiger partial charge < -0.3 is 10.6 Å². The lowest BCUT2D eigenvalue weighted by Crippen LogP contribution is -2.63. The summed E-state index contributed by atoms with van der Waals surface area (Å²) in [5, 5.41) is 5.43. The highest BCUT2D eigenvalue weighted by molar-refractivity contribution is 5.85. The average Bonchev–Trinajstić information content (AvgIpc) is 2.14. The Hall–Kier alpha value is -0.420. The molecule has 2 saturated heterocycles. The van der Waals surface area contributed by atoms with Crippen LogP contribution >= 0.6 is 12.4 Å². The van der Waals surface area contributed by atoms with Gasteiger partial charge >= 0.3 is 0 Å². The Morgan fingerprint density at radius 3 is 2.53 bits per heavy atom. The first-order chi connectivity index (χ1) is 6.58. The molecule has 88 valence electrons. The minimum absolute atomic E-state index is 0. The van der Waals surface area contributed by atoms with Gasteiger partial charge in [0, 0.05) is 26.1 Å². The van der Waals surface area contributed by atoms with E-state index < -0.39 is 17.2 Å². The van der Waals surface area contributed by atoms with Gasteiger partial charge in [-0.1, -0.05) is 0 Å². The largest absolute Gasteiger partial charge is 0.355 e. The van der Waals surface area contributed by atoms with Crippen LogP contribution in [-0.4, -0.2) is 31.5 Å². The molecule has 1 unspecified atom stereocenters. The first kappa shape index (κ1) is 12.6. The molecule has 6 heteroatoms. The molecule has 0 saturated carbocycles. The normalized spacial score (nSPS) is 34.4. The summed E-state index contributed by atoms with van der Waals surface area (Å²) in [6.45, 7) is 0.921. The zero-order valence-electron chi connectivity index (χ0n) is 8.32. The Labute approximate surface area is 93.4 Å². The van der Waals surface area contributed by atoms with E-state index in [0.717, 1.165) is 0 Å². The number of halogens is 3. The van der Waals surface area contributed by atoms with Gasteiger partial charge in [-0.2, -0.15) is 0 Å². The predicted molar refractivity (Wildman–Crippen MR) is 54.4 cm³/mol. The molecule has 0 radical (unpaired) electrons. The number of hydrogen-bond acceptors (Lipinski definition) is 2. The second-order valence-corrected chi connectivity index (χ2v) is 4.07. The molecule has 0 aromatic carbocycles. The van der Waals surface area contributed by atoms with Crippen molar-refractivity contribution in [2.45, 2.75) is 25.2 Å². The maximum Gasteiger partial charge on any atom is 0.264 e. The molecule has 0 aromatic rings. The molecule has 2 aliphatic rings. The summed E-state index contributed by atoms with van der Waals surface area (Å²) in [5.41, 5.74) is -1.48. The maximum absolute atomic E-state index is 13.7. The first-order valence-corrected chi connectivity index (χ1v) is 4.95. The number of amides is 1. The maximum atomic E-state index is 13.7. The standard InChI is InChI=1S/C9H14F2N2O.ClH/c10-9(11)3-5-12-6-8(9)2-1-4-13-7(8)14;/h12H,1-6H2,(H,13,14);1H. The van der Waals surface area contributed by atoms with Crippen LogP contribution < -0.4 is 10.6 Å². The van der Waals surface area contributed by atoms with Gasteiger partial charge in [0.05, 0.1) is 0 Å². The van der Waals surface area contributed by atoms with Crippen molar-refractivity contribution < 1.29 is 13.6 Å². The van der Waals surface area contributed by atoms with Gasteiger partial charge in [-0.15, -0.1) is 12.4 Å². The summed E-state index contributed by atoms with van der Waals surface area (Å²) in [7, 11) is 0. The van der Waals surface area contributed by atoms with E-state index in [-0.39, 0.29) is 25.4 Å². The highest BCUT2D eigenvalue weighted by Gasteiger charge is 2.60. The molecule has 2 N–H and O–H groups in total. The minimum atomic E-state index is -2.86. The summed E-state index contributed by atoms with van der Waals surface area (Å²) in [6.07, 6.45) is 0.697. The van der Waals surface area contributed by atoms with Crippen molar-refractivity contribution in [2.75, 3.05) is 19.6 Å². The Morgan fingerprint density at radius 2 is 1.93 bits per heavy atom. The highest BCUT2D eigenvalue weighted by atomic mass is 35.5. The summed E-state index contributed by atoms with van der Waals surface area (Å²) in [4.78, 5) is 11.6. The zero-order valence-corrected chi connectivity index (χ0v) is 9.13. The number of hydrogen-bond donors (Lipinski definition) is 2. The van der Waals surface area contributed by atoms with Crippen molar-refractivity contribution in [3.05, 3.63) is 0 Å². The highest BCUT2D eigenvalue weighted by Crippen LogP contribution is 2.45. The molecule has 0 aromatic heterocycles. The third-order valence-corrected chi connectivity index (χ3v) is 3.24. The van der Waals surface area contributed by atoms with Crippen LogP contribution in [0.4, 0.5) is 8.78 Å². The van der Waals surface area contributed by atoms with Crippen LogP contribution in [0.2, 0.25) is 0 Å². The van der Waals surface area contributed by atoms with E-state index in [2.05, 4.69) is 10.6 Å². The average molecular weight is 241 g/mol. The second kappa shape index (κ2) is 4.22. The smallest absolute Gasteiger partial charge is 0.264 e. The summed E-state index contributed by atoms with van der Waals surface area (Å²) < 4.78 is 27.4. The summed E-state index contributed by atoms with van der Waals surface area (Å²) >= 11 is 0. The number of carbonyl (C=O) groups is 1. The Balaban J connectivity index is 0.00000112. The number of alkyl halides is 2. The summed E-state index contributed by atoms with van der Waals surface area (Å²) in [5.74, 6) is -3.34. The minimum Gasteiger partial charge on any atom is -0.355 e. The molecule has 3 nitrogen and oxygen atoms in total. The predicted octanol–water partition coefficient (Wildman–Crippen LogP) is 0.933. The Bertz CT molecular complexity index is 256. The fraction of sp³-hybridized carbons (Fsp3) is 0.889. The van der Waals surface area contributed by atoms with Crippen molar-refractivity contribution in [3.8, 4) is 0 Å². The van der Waals surface area contributed by atoms with Crippen LogP contribution in [0.5, 0.6) is 0 Å². The second-order valence-electron chi connectivity index (χ2n) is 4.07. The van der Waals surface area contributed by atoms with Crippen molar-refractivity contribution in [1.82, 2.24) is 10.6 Å². The molecular weight excluding hydrogens is 226 g/mol. The van der Waals surface area contributed by atoms with Crippen LogP contribution in [0, 0.1) is 5.41 Å². The third kappa shape index (κ3) is 1.83. The molecule has 15 heavy (non-hydrogen) atoms. The van der Waals surface area contributed by atoms with E-state index in [1.54, 1.807) is 0 Å². The number of nitrogens with one attached hydrogen (secondary N) is 2. The van der Waals surface area contributed by atoms with E-state index in [1.807, 2.05) is 0 Å². The lowest BCUT2D eigenvalue weighted by molar-refractivity contribution is -0.175. The number of carbonyl (C=O) groups excluding carboxylic acids is 1. The van der Waals surface area contributed by atoms with E-state index in [4.69, 9.17) is 0 Å². The van der Waals surface area contributed by atoms with E-state index in [9.17, 15) is 13.6 Å². The number of piperidine rings is 2. The molecule has 1 amide bonds. The van der Waals surface area contributed by atoms with Gasteiger partial charge in [0.1, 0.15) is 5.41 Å². The van der Waals surface area contributed by atoms with Gasteiger partial charge in [-0.3, -0.25) is 4.79 Å². The molecule has 2 rings (SSSR count). The Morgan fingerprint density at radius 1 is 1.20 bits per heavy atom. The third-order valence-electron chi connectivity index (χ3n) is 3.24.